The van der Waals surface area contributed by atoms with Crippen LogP contribution in [0.1, 0.15) is 5.56 Å². The molecule has 0 amide bonds. The molecule has 1 aromatic carbocycles. The molecule has 0 unspecified atom stereocenters. The summed E-state index contributed by atoms with van der Waals surface area (Å²) in [5.74, 6) is -0.832. The highest BCUT2D eigenvalue weighted by Crippen LogP contribution is 2.11. The first-order chi connectivity index (χ1) is 9.69. The molecule has 1 heterocycles. The molecule has 0 aliphatic heterocycles. The first kappa shape index (κ1) is 14.0. The van der Waals surface area contributed by atoms with Gasteiger partial charge >= 0.3 is 5.97 Å². The third kappa shape index (κ3) is 3.80. The third-order valence-electron chi connectivity index (χ3n) is 2.89. The molecule has 0 bridgehead atoms. The first-order valence-corrected chi connectivity index (χ1v) is 6.31. The van der Waals surface area contributed by atoms with Crippen LogP contribution in [-0.2, 0) is 11.3 Å². The van der Waals surface area contributed by atoms with Crippen molar-refractivity contribution in [1.82, 2.24) is 14.5 Å². The number of nitrogens with zero attached hydrogens (tertiary/aromatic N) is 3. The SMILES string of the molecule is C=CCN(CC(=O)O)Cc1ccc(-n2ccnc2)cc1. The average Bonchev–Trinajstić information content (AvgIpc) is 2.93. The smallest absolute Gasteiger partial charge is 0.317 e. The van der Waals surface area contributed by atoms with Gasteiger partial charge in [0, 0.05) is 31.2 Å². The molecule has 0 aliphatic carbocycles. The second-order valence-electron chi connectivity index (χ2n) is 4.49. The van der Waals surface area contributed by atoms with Gasteiger partial charge in [-0.2, -0.15) is 0 Å². The van der Waals surface area contributed by atoms with E-state index in [1.54, 1.807) is 18.6 Å². The fraction of sp³-hybridized carbons (Fsp3) is 0.200. The predicted molar refractivity (Wildman–Crippen MR) is 76.7 cm³/mol. The van der Waals surface area contributed by atoms with Crippen LogP contribution in [-0.4, -0.2) is 38.6 Å². The Morgan fingerprint density at radius 3 is 2.70 bits per heavy atom. The maximum Gasteiger partial charge on any atom is 0.317 e. The summed E-state index contributed by atoms with van der Waals surface area (Å²) in [7, 11) is 0. The number of aliphatic carboxylic acids is 1. The van der Waals surface area contributed by atoms with Crippen molar-refractivity contribution in [3.8, 4) is 5.69 Å². The van der Waals surface area contributed by atoms with E-state index in [-0.39, 0.29) is 6.54 Å². The highest BCUT2D eigenvalue weighted by Gasteiger charge is 2.08. The van der Waals surface area contributed by atoms with E-state index in [1.165, 1.54) is 0 Å². The van der Waals surface area contributed by atoms with Gasteiger partial charge in [0.2, 0.25) is 0 Å². The summed E-state index contributed by atoms with van der Waals surface area (Å²) >= 11 is 0. The fourth-order valence-corrected chi connectivity index (χ4v) is 2.00. The number of carbonyl (C=O) groups is 1. The minimum absolute atomic E-state index is 0.00922. The standard InChI is InChI=1S/C15H17N3O2/c1-2-8-17(11-15(19)20)10-13-3-5-14(6-4-13)18-9-7-16-12-18/h2-7,9,12H,1,8,10-11H2,(H,19,20). The summed E-state index contributed by atoms with van der Waals surface area (Å²) < 4.78 is 1.92. The number of rotatable bonds is 7. The lowest BCUT2D eigenvalue weighted by molar-refractivity contribution is -0.138. The van der Waals surface area contributed by atoms with Crippen molar-refractivity contribution in [2.45, 2.75) is 6.54 Å². The first-order valence-electron chi connectivity index (χ1n) is 6.31. The monoisotopic (exact) mass is 271 g/mol. The van der Waals surface area contributed by atoms with Gasteiger partial charge in [0.25, 0.3) is 0 Å². The van der Waals surface area contributed by atoms with Gasteiger partial charge in [0.05, 0.1) is 12.9 Å². The zero-order chi connectivity index (χ0) is 14.4. The van der Waals surface area contributed by atoms with Crippen molar-refractivity contribution in [1.29, 1.82) is 0 Å². The molecule has 0 saturated heterocycles. The normalized spacial score (nSPS) is 10.7. The minimum atomic E-state index is -0.832. The van der Waals surface area contributed by atoms with Crippen LogP contribution in [0.5, 0.6) is 0 Å². The van der Waals surface area contributed by atoms with Crippen molar-refractivity contribution in [2.24, 2.45) is 0 Å². The lowest BCUT2D eigenvalue weighted by Crippen LogP contribution is -2.29. The third-order valence-corrected chi connectivity index (χ3v) is 2.89. The Balaban J connectivity index is 2.05. The Labute approximate surface area is 117 Å². The van der Waals surface area contributed by atoms with Gasteiger partial charge in [-0.1, -0.05) is 18.2 Å². The van der Waals surface area contributed by atoms with E-state index in [4.69, 9.17) is 5.11 Å². The molecule has 0 spiro atoms. The van der Waals surface area contributed by atoms with Crippen LogP contribution in [0.4, 0.5) is 0 Å². The maximum atomic E-state index is 10.8. The molecular weight excluding hydrogens is 254 g/mol. The van der Waals surface area contributed by atoms with Gasteiger partial charge in [-0.05, 0) is 17.7 Å². The van der Waals surface area contributed by atoms with E-state index in [0.29, 0.717) is 13.1 Å². The van der Waals surface area contributed by atoms with E-state index in [2.05, 4.69) is 11.6 Å². The number of aromatic nitrogens is 2. The molecule has 20 heavy (non-hydrogen) atoms. The fourth-order valence-electron chi connectivity index (χ4n) is 2.00. The Hall–Kier alpha value is -2.40. The van der Waals surface area contributed by atoms with Crippen LogP contribution in [0.25, 0.3) is 5.69 Å². The van der Waals surface area contributed by atoms with Gasteiger partial charge < -0.3 is 9.67 Å². The molecule has 0 fully saturated rings. The zero-order valence-electron chi connectivity index (χ0n) is 11.1. The number of carboxylic acid groups (broad SMARTS) is 1. The molecule has 2 aromatic rings. The van der Waals surface area contributed by atoms with Crippen LogP contribution in [0.2, 0.25) is 0 Å². The van der Waals surface area contributed by atoms with Crippen molar-refractivity contribution in [3.05, 3.63) is 61.2 Å². The maximum absolute atomic E-state index is 10.8. The Morgan fingerprint density at radius 2 is 2.15 bits per heavy atom. The molecule has 0 atom stereocenters. The van der Waals surface area contributed by atoms with Gasteiger partial charge in [-0.25, -0.2) is 4.98 Å². The van der Waals surface area contributed by atoms with Crippen LogP contribution >= 0.6 is 0 Å². The van der Waals surface area contributed by atoms with Crippen molar-refractivity contribution >= 4 is 5.97 Å². The van der Waals surface area contributed by atoms with E-state index in [9.17, 15) is 4.79 Å². The molecule has 1 N–H and O–H groups in total. The molecule has 0 saturated carbocycles. The van der Waals surface area contributed by atoms with Crippen molar-refractivity contribution < 1.29 is 9.90 Å². The number of hydrogen-bond acceptors (Lipinski definition) is 3. The molecule has 104 valence electrons. The van der Waals surface area contributed by atoms with Gasteiger partial charge in [-0.15, -0.1) is 6.58 Å². The van der Waals surface area contributed by atoms with Crippen LogP contribution in [0.15, 0.2) is 55.6 Å². The van der Waals surface area contributed by atoms with Crippen molar-refractivity contribution in [3.63, 3.8) is 0 Å². The molecule has 0 aliphatic rings. The quantitative estimate of drug-likeness (QED) is 0.782. The Bertz CT molecular complexity index is 561. The van der Waals surface area contributed by atoms with Crippen LogP contribution < -0.4 is 0 Å². The minimum Gasteiger partial charge on any atom is -0.480 e. The Morgan fingerprint density at radius 1 is 1.40 bits per heavy atom. The average molecular weight is 271 g/mol. The summed E-state index contributed by atoms with van der Waals surface area (Å²) in [5.41, 5.74) is 2.09. The second-order valence-corrected chi connectivity index (χ2v) is 4.49. The van der Waals surface area contributed by atoms with Crippen LogP contribution in [0, 0.1) is 0 Å². The highest BCUT2D eigenvalue weighted by atomic mass is 16.4. The van der Waals surface area contributed by atoms with Crippen molar-refractivity contribution in [2.75, 3.05) is 13.1 Å². The number of imidazole rings is 1. The van der Waals surface area contributed by atoms with Gasteiger partial charge in [-0.3, -0.25) is 9.69 Å². The number of hydrogen-bond donors (Lipinski definition) is 1. The van der Waals surface area contributed by atoms with Gasteiger partial charge in [0.15, 0.2) is 0 Å². The molecular formula is C15H17N3O2. The second kappa shape index (κ2) is 6.68. The zero-order valence-corrected chi connectivity index (χ0v) is 11.1. The number of carboxylic acids is 1. The number of benzene rings is 1. The lowest BCUT2D eigenvalue weighted by Gasteiger charge is -2.18. The predicted octanol–water partition coefficient (Wildman–Crippen LogP) is 1.94. The van der Waals surface area contributed by atoms with E-state index < -0.39 is 5.97 Å². The summed E-state index contributed by atoms with van der Waals surface area (Å²) in [6.45, 7) is 4.80. The summed E-state index contributed by atoms with van der Waals surface area (Å²) in [6.07, 6.45) is 7.06. The summed E-state index contributed by atoms with van der Waals surface area (Å²) in [6, 6.07) is 7.97. The molecule has 5 nitrogen and oxygen atoms in total. The molecule has 0 radical (unpaired) electrons. The highest BCUT2D eigenvalue weighted by molar-refractivity contribution is 5.69. The molecule has 2 rings (SSSR count). The lowest BCUT2D eigenvalue weighted by atomic mass is 10.2. The summed E-state index contributed by atoms with van der Waals surface area (Å²) in [5, 5.41) is 8.87. The van der Waals surface area contributed by atoms with E-state index >= 15 is 0 Å². The van der Waals surface area contributed by atoms with E-state index in [1.807, 2.05) is 39.9 Å². The Kier molecular flexibility index (Phi) is 4.68. The van der Waals surface area contributed by atoms with Gasteiger partial charge in [0.1, 0.15) is 0 Å². The summed E-state index contributed by atoms with van der Waals surface area (Å²) in [4.78, 5) is 16.6. The van der Waals surface area contributed by atoms with E-state index in [0.717, 1.165) is 11.3 Å². The van der Waals surface area contributed by atoms with Crippen LogP contribution in [0.3, 0.4) is 0 Å². The largest absolute Gasteiger partial charge is 0.480 e. The molecule has 5 heteroatoms. The molecule has 1 aromatic heterocycles. The topological polar surface area (TPSA) is 58.4 Å².